The van der Waals surface area contributed by atoms with Gasteiger partial charge in [0.15, 0.2) is 0 Å². The van der Waals surface area contributed by atoms with Crippen molar-refractivity contribution in [2.75, 3.05) is 6.54 Å². The van der Waals surface area contributed by atoms with Crippen LogP contribution in [0.25, 0.3) is 0 Å². The molecule has 1 N–H and O–H groups in total. The Hall–Kier alpha value is -0.300. The van der Waals surface area contributed by atoms with E-state index in [-0.39, 0.29) is 0 Å². The first-order chi connectivity index (χ1) is 12.7. The average molecular weight is 368 g/mol. The maximum Gasteiger partial charge on any atom is 0.00617 e. The van der Waals surface area contributed by atoms with Crippen LogP contribution < -0.4 is 5.32 Å². The lowest BCUT2D eigenvalue weighted by Crippen LogP contribution is -2.31. The van der Waals surface area contributed by atoms with Crippen LogP contribution >= 0.6 is 0 Å². The fourth-order valence-corrected chi connectivity index (χ4v) is 2.94. The van der Waals surface area contributed by atoms with Gasteiger partial charge in [-0.15, -0.1) is 0 Å². The molecule has 0 spiro atoms. The van der Waals surface area contributed by atoms with Gasteiger partial charge in [-0.1, -0.05) is 105 Å². The Balaban J connectivity index is 0. The SMILES string of the molecule is CC.CCCCCCCC/C=C\CCCCCCCCNC(C)C(C)C. The highest BCUT2D eigenvalue weighted by Crippen LogP contribution is 2.10. The summed E-state index contributed by atoms with van der Waals surface area (Å²) < 4.78 is 0. The molecule has 0 aliphatic rings. The number of unbranched alkanes of at least 4 members (excludes halogenated alkanes) is 12. The first kappa shape index (κ1) is 27.9. The Morgan fingerprint density at radius 3 is 1.50 bits per heavy atom. The summed E-state index contributed by atoms with van der Waals surface area (Å²) in [7, 11) is 0. The summed E-state index contributed by atoms with van der Waals surface area (Å²) in [5.41, 5.74) is 0. The van der Waals surface area contributed by atoms with Gasteiger partial charge in [0.05, 0.1) is 0 Å². The van der Waals surface area contributed by atoms with E-state index in [0.29, 0.717) is 6.04 Å². The van der Waals surface area contributed by atoms with Gasteiger partial charge in [-0.05, 0) is 51.5 Å². The van der Waals surface area contributed by atoms with Gasteiger partial charge in [0, 0.05) is 6.04 Å². The van der Waals surface area contributed by atoms with Gasteiger partial charge >= 0.3 is 0 Å². The van der Waals surface area contributed by atoms with E-state index in [2.05, 4.69) is 45.2 Å². The molecule has 1 atom stereocenters. The zero-order chi connectivity index (χ0) is 19.9. The second-order valence-electron chi connectivity index (χ2n) is 7.92. The maximum atomic E-state index is 3.62. The third kappa shape index (κ3) is 23.7. The molecule has 0 aromatic carbocycles. The summed E-state index contributed by atoms with van der Waals surface area (Å²) in [6.07, 6.45) is 24.3. The Morgan fingerprint density at radius 2 is 1.04 bits per heavy atom. The molecule has 0 aromatic rings. The van der Waals surface area contributed by atoms with Crippen LogP contribution in [-0.2, 0) is 0 Å². The van der Waals surface area contributed by atoms with Crippen molar-refractivity contribution < 1.29 is 0 Å². The summed E-state index contributed by atoms with van der Waals surface area (Å²) in [6, 6.07) is 0.660. The summed E-state index contributed by atoms with van der Waals surface area (Å²) in [5, 5.41) is 3.62. The number of hydrogen-bond donors (Lipinski definition) is 1. The molecule has 0 saturated carbocycles. The second-order valence-corrected chi connectivity index (χ2v) is 7.92. The standard InChI is InChI=1S/C23H47N.C2H6/c1-5-6-7-8-9-10-11-12-13-14-15-16-17-18-19-20-21-24-23(4)22(2)3;1-2/h12-13,22-24H,5-11,14-21H2,1-4H3;1-2H3/b13-12-;. The molecule has 0 saturated heterocycles. The molecular formula is C25H53N. The van der Waals surface area contributed by atoms with Crippen molar-refractivity contribution in [1.29, 1.82) is 0 Å². The number of nitrogens with one attached hydrogen (secondary N) is 1. The van der Waals surface area contributed by atoms with Crippen LogP contribution in [-0.4, -0.2) is 12.6 Å². The highest BCUT2D eigenvalue weighted by atomic mass is 14.9. The molecule has 1 unspecified atom stereocenters. The average Bonchev–Trinajstić information content (AvgIpc) is 2.65. The van der Waals surface area contributed by atoms with Crippen LogP contribution in [0.15, 0.2) is 12.2 Å². The molecule has 1 nitrogen and oxygen atoms in total. The van der Waals surface area contributed by atoms with Gasteiger partial charge in [-0.2, -0.15) is 0 Å². The molecule has 0 amide bonds. The molecule has 158 valence electrons. The third-order valence-corrected chi connectivity index (χ3v) is 5.15. The minimum atomic E-state index is 0.660. The Kier molecular flexibility index (Phi) is 26.5. The van der Waals surface area contributed by atoms with Gasteiger partial charge in [-0.3, -0.25) is 0 Å². The number of hydrogen-bond acceptors (Lipinski definition) is 1. The van der Waals surface area contributed by atoms with Gasteiger partial charge in [0.2, 0.25) is 0 Å². The van der Waals surface area contributed by atoms with Crippen LogP contribution in [0.4, 0.5) is 0 Å². The highest BCUT2D eigenvalue weighted by Gasteiger charge is 2.04. The lowest BCUT2D eigenvalue weighted by Gasteiger charge is -2.17. The summed E-state index contributed by atoms with van der Waals surface area (Å²) >= 11 is 0. The van der Waals surface area contributed by atoms with Crippen molar-refractivity contribution in [2.24, 2.45) is 5.92 Å². The molecule has 1 heteroatoms. The van der Waals surface area contributed by atoms with Crippen molar-refractivity contribution >= 4 is 0 Å². The molecule has 0 aliphatic carbocycles. The van der Waals surface area contributed by atoms with E-state index in [1.807, 2.05) is 13.8 Å². The number of allylic oxidation sites excluding steroid dienone is 2. The van der Waals surface area contributed by atoms with Gasteiger partial charge in [-0.25, -0.2) is 0 Å². The van der Waals surface area contributed by atoms with E-state index >= 15 is 0 Å². The van der Waals surface area contributed by atoms with Crippen LogP contribution in [0.5, 0.6) is 0 Å². The third-order valence-electron chi connectivity index (χ3n) is 5.15. The van der Waals surface area contributed by atoms with Crippen LogP contribution in [0.2, 0.25) is 0 Å². The van der Waals surface area contributed by atoms with Crippen molar-refractivity contribution in [3.05, 3.63) is 12.2 Å². The molecule has 0 rings (SSSR count). The smallest absolute Gasteiger partial charge is 0.00617 e. The molecular weight excluding hydrogens is 314 g/mol. The maximum absolute atomic E-state index is 3.62. The monoisotopic (exact) mass is 367 g/mol. The van der Waals surface area contributed by atoms with E-state index < -0.39 is 0 Å². The molecule has 0 radical (unpaired) electrons. The predicted molar refractivity (Wildman–Crippen MR) is 123 cm³/mol. The van der Waals surface area contributed by atoms with Crippen LogP contribution in [0.1, 0.15) is 131 Å². The summed E-state index contributed by atoms with van der Waals surface area (Å²) in [4.78, 5) is 0. The van der Waals surface area contributed by atoms with Crippen LogP contribution in [0.3, 0.4) is 0 Å². The van der Waals surface area contributed by atoms with E-state index in [4.69, 9.17) is 0 Å². The molecule has 26 heavy (non-hydrogen) atoms. The predicted octanol–water partition coefficient (Wildman–Crippen LogP) is 8.68. The lowest BCUT2D eigenvalue weighted by atomic mass is 10.1. The Bertz CT molecular complexity index is 257. The van der Waals surface area contributed by atoms with Gasteiger partial charge in [0.25, 0.3) is 0 Å². The van der Waals surface area contributed by atoms with Gasteiger partial charge < -0.3 is 5.32 Å². The minimum absolute atomic E-state index is 0.660. The van der Waals surface area contributed by atoms with Crippen molar-refractivity contribution in [3.8, 4) is 0 Å². The topological polar surface area (TPSA) is 12.0 Å². The number of rotatable bonds is 18. The van der Waals surface area contributed by atoms with Crippen molar-refractivity contribution in [3.63, 3.8) is 0 Å². The lowest BCUT2D eigenvalue weighted by molar-refractivity contribution is 0.419. The van der Waals surface area contributed by atoms with E-state index in [0.717, 1.165) is 5.92 Å². The molecule has 0 heterocycles. The van der Waals surface area contributed by atoms with Crippen LogP contribution in [0, 0.1) is 5.92 Å². The Morgan fingerprint density at radius 1 is 0.615 bits per heavy atom. The fraction of sp³-hybridized carbons (Fsp3) is 0.920. The van der Waals surface area contributed by atoms with E-state index in [1.54, 1.807) is 0 Å². The second kappa shape index (κ2) is 24.7. The van der Waals surface area contributed by atoms with Gasteiger partial charge in [0.1, 0.15) is 0 Å². The molecule has 0 aromatic heterocycles. The quantitative estimate of drug-likeness (QED) is 0.189. The zero-order valence-corrected chi connectivity index (χ0v) is 19.4. The largest absolute Gasteiger partial charge is 0.314 e. The summed E-state index contributed by atoms with van der Waals surface area (Å²) in [6.45, 7) is 14.4. The first-order valence-corrected chi connectivity index (χ1v) is 12.1. The fourth-order valence-electron chi connectivity index (χ4n) is 2.94. The molecule has 0 bridgehead atoms. The van der Waals surface area contributed by atoms with E-state index in [9.17, 15) is 0 Å². The zero-order valence-electron chi connectivity index (χ0n) is 19.4. The Labute approximate surface area is 167 Å². The van der Waals surface area contributed by atoms with E-state index in [1.165, 1.54) is 96.4 Å². The minimum Gasteiger partial charge on any atom is -0.314 e. The normalized spacial score (nSPS) is 12.4. The van der Waals surface area contributed by atoms with Crippen molar-refractivity contribution in [2.45, 2.75) is 137 Å². The first-order valence-electron chi connectivity index (χ1n) is 12.1. The molecule has 0 aliphatic heterocycles. The van der Waals surface area contributed by atoms with Crippen molar-refractivity contribution in [1.82, 2.24) is 5.32 Å². The highest BCUT2D eigenvalue weighted by molar-refractivity contribution is 4.81. The summed E-state index contributed by atoms with van der Waals surface area (Å²) in [5.74, 6) is 0.749. The molecule has 0 fully saturated rings.